The number of fused-ring (bicyclic) bond motifs is 1. The molecule has 0 unspecified atom stereocenters. The van der Waals surface area contributed by atoms with E-state index in [1.54, 1.807) is 31.2 Å². The third-order valence-corrected chi connectivity index (χ3v) is 2.57. The Kier molecular flexibility index (Phi) is 2.93. The second kappa shape index (κ2) is 4.41. The van der Waals surface area contributed by atoms with Crippen molar-refractivity contribution in [1.82, 2.24) is 0 Å². The fraction of sp³-hybridized carbons (Fsp3) is 0.0714. The van der Waals surface area contributed by atoms with Gasteiger partial charge in [0.15, 0.2) is 5.75 Å². The fourth-order valence-electron chi connectivity index (χ4n) is 1.63. The molecule has 0 aliphatic rings. The average Bonchev–Trinajstić information content (AvgIpc) is 2.32. The smallest absolute Gasteiger partial charge is 0.338 e. The first-order valence-electron chi connectivity index (χ1n) is 5.44. The lowest BCUT2D eigenvalue weighted by Gasteiger charge is -2.10. The van der Waals surface area contributed by atoms with Gasteiger partial charge in [-0.3, -0.25) is 0 Å². The molecule has 0 aliphatic carbocycles. The average molecular weight is 242 g/mol. The number of ether oxygens (including phenoxy) is 1. The van der Waals surface area contributed by atoms with Gasteiger partial charge < -0.3 is 16.2 Å². The van der Waals surface area contributed by atoms with Crippen molar-refractivity contribution in [3.63, 3.8) is 0 Å². The number of nitrogens with two attached hydrogens (primary N) is 2. The third-order valence-electron chi connectivity index (χ3n) is 2.57. The maximum atomic E-state index is 11.6. The van der Waals surface area contributed by atoms with Gasteiger partial charge in [-0.05, 0) is 36.6 Å². The van der Waals surface area contributed by atoms with Crippen molar-refractivity contribution in [1.29, 1.82) is 0 Å². The molecule has 2 aromatic carbocycles. The number of hydrogen-bond acceptors (Lipinski definition) is 4. The first kappa shape index (κ1) is 12.0. The van der Waals surface area contributed by atoms with Gasteiger partial charge in [0.05, 0.1) is 5.69 Å². The quantitative estimate of drug-likeness (QED) is 0.367. The van der Waals surface area contributed by atoms with Crippen LogP contribution in [0.15, 0.2) is 42.5 Å². The Labute approximate surface area is 105 Å². The highest BCUT2D eigenvalue weighted by Crippen LogP contribution is 2.33. The van der Waals surface area contributed by atoms with Gasteiger partial charge in [0.2, 0.25) is 0 Å². The van der Waals surface area contributed by atoms with Crippen molar-refractivity contribution in [2.24, 2.45) is 0 Å². The molecule has 18 heavy (non-hydrogen) atoms. The van der Waals surface area contributed by atoms with E-state index in [1.165, 1.54) is 0 Å². The van der Waals surface area contributed by atoms with Gasteiger partial charge in [-0.2, -0.15) is 0 Å². The summed E-state index contributed by atoms with van der Waals surface area (Å²) in [7, 11) is 0. The Hall–Kier alpha value is -2.49. The van der Waals surface area contributed by atoms with E-state index in [-0.39, 0.29) is 0 Å². The minimum Gasteiger partial charge on any atom is -0.420 e. The highest BCUT2D eigenvalue weighted by molar-refractivity contribution is 5.98. The molecule has 4 N–H and O–H groups in total. The van der Waals surface area contributed by atoms with Gasteiger partial charge in [0, 0.05) is 16.6 Å². The molecule has 0 atom stereocenters. The topological polar surface area (TPSA) is 78.3 Å². The monoisotopic (exact) mass is 242 g/mol. The second-order valence-corrected chi connectivity index (χ2v) is 4.13. The summed E-state index contributed by atoms with van der Waals surface area (Å²) in [6.45, 7) is 5.12. The molecule has 0 saturated heterocycles. The number of hydrogen-bond donors (Lipinski definition) is 2. The highest BCUT2D eigenvalue weighted by atomic mass is 16.5. The van der Waals surface area contributed by atoms with Crippen molar-refractivity contribution in [2.45, 2.75) is 6.92 Å². The molecule has 2 rings (SSSR count). The number of benzene rings is 2. The van der Waals surface area contributed by atoms with Crippen LogP contribution in [0.3, 0.4) is 0 Å². The Bertz CT molecular complexity index is 648. The largest absolute Gasteiger partial charge is 0.420 e. The van der Waals surface area contributed by atoms with Crippen LogP contribution in [0.5, 0.6) is 5.75 Å². The van der Waals surface area contributed by atoms with Crippen molar-refractivity contribution in [3.8, 4) is 5.75 Å². The molecule has 92 valence electrons. The summed E-state index contributed by atoms with van der Waals surface area (Å²) >= 11 is 0. The molecule has 0 spiro atoms. The molecule has 4 nitrogen and oxygen atoms in total. The minimum atomic E-state index is -0.494. The first-order chi connectivity index (χ1) is 8.49. The zero-order valence-corrected chi connectivity index (χ0v) is 10.1. The summed E-state index contributed by atoms with van der Waals surface area (Å²) in [6.07, 6.45) is 0. The van der Waals surface area contributed by atoms with E-state index in [0.717, 1.165) is 10.8 Å². The van der Waals surface area contributed by atoms with Gasteiger partial charge in [0.1, 0.15) is 0 Å². The maximum Gasteiger partial charge on any atom is 0.338 e. The summed E-state index contributed by atoms with van der Waals surface area (Å²) in [5.41, 5.74) is 12.9. The third kappa shape index (κ3) is 2.13. The lowest BCUT2D eigenvalue weighted by atomic mass is 10.1. The van der Waals surface area contributed by atoms with Crippen molar-refractivity contribution in [3.05, 3.63) is 42.5 Å². The number of rotatable bonds is 2. The van der Waals surface area contributed by atoms with E-state index in [9.17, 15) is 4.79 Å². The van der Waals surface area contributed by atoms with Crippen LogP contribution in [-0.4, -0.2) is 5.97 Å². The number of carbonyl (C=O) groups is 1. The molecule has 0 amide bonds. The summed E-state index contributed by atoms with van der Waals surface area (Å²) in [4.78, 5) is 11.6. The van der Waals surface area contributed by atoms with Gasteiger partial charge in [-0.15, -0.1) is 0 Å². The van der Waals surface area contributed by atoms with Crippen LogP contribution in [-0.2, 0) is 4.79 Å². The van der Waals surface area contributed by atoms with Crippen LogP contribution >= 0.6 is 0 Å². The molecular formula is C14H14N2O2. The Morgan fingerprint density at radius 1 is 1.22 bits per heavy atom. The van der Waals surface area contributed by atoms with Crippen LogP contribution in [0.25, 0.3) is 10.8 Å². The molecular weight excluding hydrogens is 228 g/mol. The maximum absolute atomic E-state index is 11.6. The SMILES string of the molecule is C=C(C)C(=O)Oc1c(N)ccc2cc(N)ccc12. The van der Waals surface area contributed by atoms with E-state index in [1.807, 2.05) is 6.07 Å². The first-order valence-corrected chi connectivity index (χ1v) is 5.44. The van der Waals surface area contributed by atoms with Crippen molar-refractivity contribution < 1.29 is 9.53 Å². The Balaban J connectivity index is 2.58. The lowest BCUT2D eigenvalue weighted by Crippen LogP contribution is -2.10. The normalized spacial score (nSPS) is 10.3. The Morgan fingerprint density at radius 3 is 2.61 bits per heavy atom. The van der Waals surface area contributed by atoms with Crippen LogP contribution in [0.4, 0.5) is 11.4 Å². The van der Waals surface area contributed by atoms with Crippen molar-refractivity contribution >= 4 is 28.1 Å². The number of nitrogen functional groups attached to an aromatic ring is 2. The lowest BCUT2D eigenvalue weighted by molar-refractivity contribution is -0.129. The number of carbonyl (C=O) groups excluding carboxylic acids is 1. The van der Waals surface area contributed by atoms with Crippen LogP contribution in [0.1, 0.15) is 6.92 Å². The number of anilines is 2. The molecule has 0 fully saturated rings. The summed E-state index contributed by atoms with van der Waals surface area (Å²) in [5, 5.41) is 1.62. The number of esters is 1. The molecule has 0 radical (unpaired) electrons. The molecule has 0 saturated carbocycles. The molecule has 0 aliphatic heterocycles. The van der Waals surface area contributed by atoms with E-state index in [2.05, 4.69) is 6.58 Å². The molecule has 0 bridgehead atoms. The van der Waals surface area contributed by atoms with Gasteiger partial charge in [-0.1, -0.05) is 12.6 Å². The molecule has 0 heterocycles. The summed E-state index contributed by atoms with van der Waals surface area (Å²) < 4.78 is 5.26. The summed E-state index contributed by atoms with van der Waals surface area (Å²) in [6, 6.07) is 8.83. The van der Waals surface area contributed by atoms with E-state index >= 15 is 0 Å². The summed E-state index contributed by atoms with van der Waals surface area (Å²) in [5.74, 6) is -0.147. The van der Waals surface area contributed by atoms with Gasteiger partial charge in [-0.25, -0.2) is 4.79 Å². The highest BCUT2D eigenvalue weighted by Gasteiger charge is 2.12. The zero-order valence-electron chi connectivity index (χ0n) is 10.1. The van der Waals surface area contributed by atoms with Gasteiger partial charge in [0.25, 0.3) is 0 Å². The van der Waals surface area contributed by atoms with Crippen LogP contribution < -0.4 is 16.2 Å². The zero-order chi connectivity index (χ0) is 13.3. The van der Waals surface area contributed by atoms with Crippen LogP contribution in [0, 0.1) is 0 Å². The second-order valence-electron chi connectivity index (χ2n) is 4.13. The van der Waals surface area contributed by atoms with E-state index in [0.29, 0.717) is 22.7 Å². The van der Waals surface area contributed by atoms with Crippen molar-refractivity contribution in [2.75, 3.05) is 11.5 Å². The predicted molar refractivity (Wildman–Crippen MR) is 73.2 cm³/mol. The molecule has 0 aromatic heterocycles. The van der Waals surface area contributed by atoms with Gasteiger partial charge >= 0.3 is 5.97 Å². The standard InChI is InChI=1S/C14H14N2O2/c1-8(2)14(17)18-13-11-5-4-10(15)7-9(11)3-6-12(13)16/h3-7H,1,15-16H2,2H3. The Morgan fingerprint density at radius 2 is 1.94 bits per heavy atom. The molecule has 2 aromatic rings. The fourth-order valence-corrected chi connectivity index (χ4v) is 1.63. The minimum absolute atomic E-state index is 0.321. The van der Waals surface area contributed by atoms with E-state index < -0.39 is 5.97 Å². The predicted octanol–water partition coefficient (Wildman–Crippen LogP) is 2.49. The van der Waals surface area contributed by atoms with E-state index in [4.69, 9.17) is 16.2 Å². The van der Waals surface area contributed by atoms with Crippen LogP contribution in [0.2, 0.25) is 0 Å². The molecule has 4 heteroatoms.